The highest BCUT2D eigenvalue weighted by atomic mass is 32.2. The molecule has 0 aliphatic heterocycles. The summed E-state index contributed by atoms with van der Waals surface area (Å²) in [5, 5.41) is 0. The lowest BCUT2D eigenvalue weighted by atomic mass is 10.3. The highest BCUT2D eigenvalue weighted by Crippen LogP contribution is 2.20. The second kappa shape index (κ2) is 5.92. The van der Waals surface area contributed by atoms with E-state index in [-0.39, 0.29) is 4.90 Å². The summed E-state index contributed by atoms with van der Waals surface area (Å²) in [5.41, 5.74) is 1.29. The van der Waals surface area contributed by atoms with E-state index in [1.54, 1.807) is 37.5 Å². The molecule has 0 saturated heterocycles. The van der Waals surface area contributed by atoms with Crippen LogP contribution >= 0.6 is 0 Å². The SMILES string of the molecule is CCOc1ccc(S(=O)(=O)Nc2ccncc2C)cc1. The van der Waals surface area contributed by atoms with Gasteiger partial charge in [0, 0.05) is 12.4 Å². The highest BCUT2D eigenvalue weighted by molar-refractivity contribution is 7.92. The van der Waals surface area contributed by atoms with Crippen LogP contribution in [0.15, 0.2) is 47.6 Å². The second-order valence-corrected chi connectivity index (χ2v) is 5.88. The van der Waals surface area contributed by atoms with Gasteiger partial charge < -0.3 is 4.74 Å². The summed E-state index contributed by atoms with van der Waals surface area (Å²) in [5.74, 6) is 0.645. The Morgan fingerprint density at radius 3 is 2.50 bits per heavy atom. The van der Waals surface area contributed by atoms with Crippen molar-refractivity contribution in [2.75, 3.05) is 11.3 Å². The Hall–Kier alpha value is -2.08. The third-order valence-electron chi connectivity index (χ3n) is 2.71. The first kappa shape index (κ1) is 14.3. The Bertz CT molecular complexity index is 682. The van der Waals surface area contributed by atoms with E-state index in [0.29, 0.717) is 18.0 Å². The minimum Gasteiger partial charge on any atom is -0.494 e. The number of nitrogens with one attached hydrogen (secondary N) is 1. The zero-order chi connectivity index (χ0) is 14.6. The van der Waals surface area contributed by atoms with Gasteiger partial charge in [-0.2, -0.15) is 0 Å². The van der Waals surface area contributed by atoms with Crippen LogP contribution < -0.4 is 9.46 Å². The lowest BCUT2D eigenvalue weighted by Gasteiger charge is -2.10. The molecule has 20 heavy (non-hydrogen) atoms. The summed E-state index contributed by atoms with van der Waals surface area (Å²) in [6.07, 6.45) is 3.15. The summed E-state index contributed by atoms with van der Waals surface area (Å²) in [7, 11) is -3.60. The first-order valence-electron chi connectivity index (χ1n) is 6.19. The number of aryl methyl sites for hydroxylation is 1. The smallest absolute Gasteiger partial charge is 0.261 e. The predicted molar refractivity (Wildman–Crippen MR) is 77.4 cm³/mol. The molecule has 0 aliphatic carbocycles. The zero-order valence-corrected chi connectivity index (χ0v) is 12.1. The second-order valence-electron chi connectivity index (χ2n) is 4.20. The number of sulfonamides is 1. The standard InChI is InChI=1S/C14H16N2O3S/c1-3-19-12-4-6-13(7-5-12)20(17,18)16-14-8-9-15-10-11(14)2/h4-10H,3H2,1-2H3,(H,15,16). The summed E-state index contributed by atoms with van der Waals surface area (Å²) in [6.45, 7) is 4.21. The number of aromatic nitrogens is 1. The summed E-state index contributed by atoms with van der Waals surface area (Å²) >= 11 is 0. The molecule has 0 bridgehead atoms. The number of hydrogen-bond acceptors (Lipinski definition) is 4. The van der Waals surface area contributed by atoms with Crippen LogP contribution in [0.2, 0.25) is 0 Å². The van der Waals surface area contributed by atoms with Gasteiger partial charge in [-0.15, -0.1) is 0 Å². The fraction of sp³-hybridized carbons (Fsp3) is 0.214. The number of hydrogen-bond donors (Lipinski definition) is 1. The van der Waals surface area contributed by atoms with E-state index in [1.165, 1.54) is 12.1 Å². The first-order chi connectivity index (χ1) is 9.53. The maximum atomic E-state index is 12.3. The van der Waals surface area contributed by atoms with Crippen molar-refractivity contribution in [3.63, 3.8) is 0 Å². The number of benzene rings is 1. The highest BCUT2D eigenvalue weighted by Gasteiger charge is 2.15. The number of anilines is 1. The van der Waals surface area contributed by atoms with E-state index in [4.69, 9.17) is 4.74 Å². The van der Waals surface area contributed by atoms with Gasteiger partial charge in [0.2, 0.25) is 0 Å². The van der Waals surface area contributed by atoms with Crippen molar-refractivity contribution < 1.29 is 13.2 Å². The Morgan fingerprint density at radius 1 is 1.20 bits per heavy atom. The van der Waals surface area contributed by atoms with Gasteiger partial charge in [0.15, 0.2) is 0 Å². The summed E-state index contributed by atoms with van der Waals surface area (Å²) in [6, 6.07) is 7.93. The van der Waals surface area contributed by atoms with Gasteiger partial charge in [0.25, 0.3) is 10.0 Å². The topological polar surface area (TPSA) is 68.3 Å². The van der Waals surface area contributed by atoms with Crippen molar-refractivity contribution in [3.8, 4) is 5.75 Å². The minimum absolute atomic E-state index is 0.192. The van der Waals surface area contributed by atoms with E-state index >= 15 is 0 Å². The third-order valence-corrected chi connectivity index (χ3v) is 4.09. The molecule has 0 amide bonds. The molecule has 0 radical (unpaired) electrons. The van der Waals surface area contributed by atoms with Crippen LogP contribution in [0.3, 0.4) is 0 Å². The first-order valence-corrected chi connectivity index (χ1v) is 7.67. The van der Waals surface area contributed by atoms with E-state index in [0.717, 1.165) is 5.56 Å². The molecule has 1 aromatic carbocycles. The van der Waals surface area contributed by atoms with Crippen LogP contribution in [0.25, 0.3) is 0 Å². The lowest BCUT2D eigenvalue weighted by Crippen LogP contribution is -2.13. The van der Waals surface area contributed by atoms with Crippen molar-refractivity contribution in [1.82, 2.24) is 4.98 Å². The molecule has 0 spiro atoms. The van der Waals surface area contributed by atoms with Crippen molar-refractivity contribution in [2.24, 2.45) is 0 Å². The van der Waals surface area contributed by atoms with Gasteiger partial charge in [-0.25, -0.2) is 8.42 Å². The quantitative estimate of drug-likeness (QED) is 0.919. The molecule has 106 valence electrons. The van der Waals surface area contributed by atoms with Gasteiger partial charge in [-0.1, -0.05) is 0 Å². The lowest BCUT2D eigenvalue weighted by molar-refractivity contribution is 0.340. The van der Waals surface area contributed by atoms with Crippen LogP contribution in [-0.4, -0.2) is 20.0 Å². The molecule has 5 nitrogen and oxygen atoms in total. The Balaban J connectivity index is 2.24. The van der Waals surface area contributed by atoms with Crippen molar-refractivity contribution in [1.29, 1.82) is 0 Å². The molecule has 0 aliphatic rings. The summed E-state index contributed by atoms with van der Waals surface area (Å²) < 4.78 is 32.3. The van der Waals surface area contributed by atoms with E-state index < -0.39 is 10.0 Å². The van der Waals surface area contributed by atoms with Gasteiger partial charge in [-0.05, 0) is 49.7 Å². The minimum atomic E-state index is -3.60. The normalized spacial score (nSPS) is 11.1. The number of rotatable bonds is 5. The third kappa shape index (κ3) is 3.27. The average Bonchev–Trinajstić information content (AvgIpc) is 2.42. The van der Waals surface area contributed by atoms with Gasteiger partial charge >= 0.3 is 0 Å². The van der Waals surface area contributed by atoms with Crippen LogP contribution in [0.1, 0.15) is 12.5 Å². The molecule has 0 fully saturated rings. The Kier molecular flexibility index (Phi) is 4.24. The van der Waals surface area contributed by atoms with Crippen molar-refractivity contribution in [3.05, 3.63) is 48.3 Å². The van der Waals surface area contributed by atoms with E-state index in [2.05, 4.69) is 9.71 Å². The monoisotopic (exact) mass is 292 g/mol. The molecule has 1 heterocycles. The molecule has 0 saturated carbocycles. The van der Waals surface area contributed by atoms with Gasteiger partial charge in [-0.3, -0.25) is 9.71 Å². The van der Waals surface area contributed by atoms with Crippen molar-refractivity contribution in [2.45, 2.75) is 18.7 Å². The fourth-order valence-corrected chi connectivity index (χ4v) is 2.80. The van der Waals surface area contributed by atoms with Crippen LogP contribution in [0.5, 0.6) is 5.75 Å². The molecule has 2 rings (SSSR count). The molecule has 6 heteroatoms. The molecule has 1 aromatic heterocycles. The van der Waals surface area contributed by atoms with Gasteiger partial charge in [0.1, 0.15) is 5.75 Å². The van der Waals surface area contributed by atoms with E-state index in [9.17, 15) is 8.42 Å². The Labute approximate surface area is 118 Å². The molecule has 0 unspecified atom stereocenters. The van der Waals surface area contributed by atoms with Crippen LogP contribution in [0, 0.1) is 6.92 Å². The van der Waals surface area contributed by atoms with Gasteiger partial charge in [0.05, 0.1) is 17.2 Å². The molecule has 2 aromatic rings. The van der Waals surface area contributed by atoms with Crippen LogP contribution in [0.4, 0.5) is 5.69 Å². The average molecular weight is 292 g/mol. The van der Waals surface area contributed by atoms with E-state index in [1.807, 2.05) is 6.92 Å². The van der Waals surface area contributed by atoms with Crippen molar-refractivity contribution >= 4 is 15.7 Å². The largest absolute Gasteiger partial charge is 0.494 e. The molecule has 1 N–H and O–H groups in total. The predicted octanol–water partition coefficient (Wildman–Crippen LogP) is 2.59. The summed E-state index contributed by atoms with van der Waals surface area (Å²) in [4.78, 5) is 4.12. The molecular formula is C14H16N2O3S. The fourth-order valence-electron chi connectivity index (χ4n) is 1.67. The number of nitrogens with zero attached hydrogens (tertiary/aromatic N) is 1. The molecular weight excluding hydrogens is 276 g/mol. The number of pyridine rings is 1. The maximum Gasteiger partial charge on any atom is 0.261 e. The van der Waals surface area contributed by atoms with Crippen LogP contribution in [-0.2, 0) is 10.0 Å². The maximum absolute atomic E-state index is 12.3. The zero-order valence-electron chi connectivity index (χ0n) is 11.3. The number of ether oxygens (including phenoxy) is 1. The Morgan fingerprint density at radius 2 is 1.90 bits per heavy atom. The molecule has 0 atom stereocenters.